The Morgan fingerprint density at radius 1 is 0.619 bits per heavy atom. The molecule has 0 N–H and O–H groups in total. The topological polar surface area (TPSA) is 9.23 Å². The molecular formula is C10H12F6I4O. The average molecular weight is 770 g/mol. The Labute approximate surface area is 173 Å². The van der Waals surface area contributed by atoms with Gasteiger partial charge < -0.3 is 4.74 Å². The van der Waals surface area contributed by atoms with Crippen LogP contribution in [0.3, 0.4) is 0 Å². The third-order valence-electron chi connectivity index (χ3n) is 2.33. The van der Waals surface area contributed by atoms with Gasteiger partial charge in [-0.3, -0.25) is 0 Å². The van der Waals surface area contributed by atoms with Crippen molar-refractivity contribution in [1.82, 2.24) is 0 Å². The summed E-state index contributed by atoms with van der Waals surface area (Å²) in [5.41, 5.74) is 0. The van der Waals surface area contributed by atoms with Crippen LogP contribution in [0.25, 0.3) is 0 Å². The molecule has 0 aliphatic rings. The van der Waals surface area contributed by atoms with Crippen LogP contribution in [0, 0.1) is 0 Å². The first-order chi connectivity index (χ1) is 9.24. The van der Waals surface area contributed by atoms with Crippen LogP contribution >= 0.6 is 90.4 Å². The molecule has 11 heteroatoms. The Hall–Kier alpha value is 2.46. The zero-order valence-corrected chi connectivity index (χ0v) is 19.1. The highest BCUT2D eigenvalue weighted by Gasteiger charge is 2.42. The molecule has 0 amide bonds. The van der Waals surface area contributed by atoms with E-state index in [0.717, 1.165) is 0 Å². The van der Waals surface area contributed by atoms with E-state index < -0.39 is 32.4 Å². The number of rotatable bonds is 8. The van der Waals surface area contributed by atoms with E-state index in [1.54, 1.807) is 45.2 Å². The van der Waals surface area contributed by atoms with Crippen molar-refractivity contribution in [3.8, 4) is 0 Å². The number of ether oxygens (including phenoxy) is 1. The summed E-state index contributed by atoms with van der Waals surface area (Å²) in [4.78, 5) is 0. The van der Waals surface area contributed by atoms with Gasteiger partial charge in [0.25, 0.3) is 0 Å². The maximum absolute atomic E-state index is 12.3. The molecule has 0 rings (SSSR count). The fourth-order valence-corrected chi connectivity index (χ4v) is 4.15. The van der Waals surface area contributed by atoms with Crippen molar-refractivity contribution in [2.75, 3.05) is 8.86 Å². The lowest BCUT2D eigenvalue weighted by Crippen LogP contribution is -2.40. The van der Waals surface area contributed by atoms with E-state index in [2.05, 4.69) is 0 Å². The number of hydrogen-bond donors (Lipinski definition) is 0. The van der Waals surface area contributed by atoms with E-state index >= 15 is 0 Å². The Bertz CT molecular complexity index is 294. The Kier molecular flexibility index (Phi) is 10.3. The standard InChI is InChI=1S/C10H12F6I4O/c11-9(12,13)3-1-7(19,5-17)21-8(20,6-18)2-4-10(14,15)16/h1-6H2. The van der Waals surface area contributed by atoms with Crippen molar-refractivity contribution < 1.29 is 31.1 Å². The van der Waals surface area contributed by atoms with Gasteiger partial charge in [0.05, 0.1) is 0 Å². The minimum atomic E-state index is -4.31. The van der Waals surface area contributed by atoms with Gasteiger partial charge in [0.1, 0.15) is 7.22 Å². The van der Waals surface area contributed by atoms with E-state index in [4.69, 9.17) is 4.74 Å². The van der Waals surface area contributed by atoms with Gasteiger partial charge in [-0.15, -0.1) is 0 Å². The summed E-state index contributed by atoms with van der Waals surface area (Å²) in [7, 11) is 0. The van der Waals surface area contributed by atoms with Crippen LogP contribution in [0.4, 0.5) is 26.3 Å². The molecular weight excluding hydrogens is 758 g/mol. The van der Waals surface area contributed by atoms with Crippen LogP contribution in [0.1, 0.15) is 25.7 Å². The molecule has 0 fully saturated rings. The van der Waals surface area contributed by atoms with Crippen molar-refractivity contribution in [3.63, 3.8) is 0 Å². The fraction of sp³-hybridized carbons (Fsp3) is 1.00. The second kappa shape index (κ2) is 9.24. The minimum Gasteiger partial charge on any atom is -0.346 e. The van der Waals surface area contributed by atoms with Crippen molar-refractivity contribution in [2.45, 2.75) is 45.3 Å². The van der Waals surface area contributed by atoms with Crippen LogP contribution in [0.15, 0.2) is 0 Å². The average Bonchev–Trinajstić information content (AvgIpc) is 2.33. The first-order valence-corrected chi connectivity index (χ1v) is 10.8. The highest BCUT2D eigenvalue weighted by molar-refractivity contribution is 14.1. The monoisotopic (exact) mass is 770 g/mol. The lowest BCUT2D eigenvalue weighted by molar-refractivity contribution is -0.151. The van der Waals surface area contributed by atoms with E-state index in [1.807, 2.05) is 45.2 Å². The van der Waals surface area contributed by atoms with Crippen LogP contribution in [0.2, 0.25) is 0 Å². The quantitative estimate of drug-likeness (QED) is 0.150. The van der Waals surface area contributed by atoms with E-state index in [9.17, 15) is 26.3 Å². The second-order valence-electron chi connectivity index (χ2n) is 4.37. The van der Waals surface area contributed by atoms with Gasteiger partial charge >= 0.3 is 12.4 Å². The third-order valence-corrected chi connectivity index (χ3v) is 9.99. The lowest BCUT2D eigenvalue weighted by Gasteiger charge is -2.36. The zero-order valence-electron chi connectivity index (χ0n) is 10.4. The maximum atomic E-state index is 12.3. The number of halogens is 10. The van der Waals surface area contributed by atoms with Crippen molar-refractivity contribution in [1.29, 1.82) is 0 Å². The van der Waals surface area contributed by atoms with Crippen LogP contribution in [0.5, 0.6) is 0 Å². The summed E-state index contributed by atoms with van der Waals surface area (Å²) in [6, 6.07) is 0. The molecule has 0 aromatic heterocycles. The van der Waals surface area contributed by atoms with Gasteiger partial charge in [0, 0.05) is 21.7 Å². The molecule has 0 saturated carbocycles. The molecule has 0 bridgehead atoms. The summed E-state index contributed by atoms with van der Waals surface area (Å²) in [6.45, 7) is 0. The highest BCUT2D eigenvalue weighted by Crippen LogP contribution is 2.43. The molecule has 0 heterocycles. The van der Waals surface area contributed by atoms with Crippen molar-refractivity contribution in [2.24, 2.45) is 0 Å². The fourth-order valence-electron chi connectivity index (χ4n) is 1.27. The molecule has 128 valence electrons. The minimum absolute atomic E-state index is 0.259. The van der Waals surface area contributed by atoms with E-state index in [1.165, 1.54) is 0 Å². The molecule has 0 aliphatic heterocycles. The Morgan fingerprint density at radius 2 is 0.905 bits per heavy atom. The maximum Gasteiger partial charge on any atom is 0.389 e. The normalized spacial score (nSPS) is 19.1. The van der Waals surface area contributed by atoms with Crippen LogP contribution in [-0.2, 0) is 4.74 Å². The zero-order chi connectivity index (χ0) is 16.9. The molecule has 0 spiro atoms. The first kappa shape index (κ1) is 23.5. The molecule has 1 nitrogen and oxygen atoms in total. The summed E-state index contributed by atoms with van der Waals surface area (Å²) in [5, 5.41) is 0. The molecule has 0 aromatic rings. The first-order valence-electron chi connectivity index (χ1n) is 5.58. The summed E-state index contributed by atoms with van der Waals surface area (Å²) < 4.78 is 77.9. The third kappa shape index (κ3) is 11.6. The molecule has 0 aliphatic carbocycles. The molecule has 2 atom stereocenters. The molecule has 0 aromatic carbocycles. The second-order valence-corrected chi connectivity index (χ2v) is 9.82. The van der Waals surface area contributed by atoms with Gasteiger partial charge in [-0.05, 0) is 58.0 Å². The largest absolute Gasteiger partial charge is 0.389 e. The smallest absolute Gasteiger partial charge is 0.346 e. The van der Waals surface area contributed by atoms with Crippen LogP contribution < -0.4 is 0 Å². The molecule has 21 heavy (non-hydrogen) atoms. The Balaban J connectivity index is 4.79. The molecule has 0 radical (unpaired) electrons. The number of alkyl halides is 10. The van der Waals surface area contributed by atoms with Gasteiger partial charge in [0.2, 0.25) is 0 Å². The lowest BCUT2D eigenvalue weighted by atomic mass is 10.2. The van der Waals surface area contributed by atoms with E-state index in [0.29, 0.717) is 0 Å². The highest BCUT2D eigenvalue weighted by atomic mass is 127. The predicted octanol–water partition coefficient (Wildman–Crippen LogP) is 6.82. The van der Waals surface area contributed by atoms with Crippen molar-refractivity contribution in [3.05, 3.63) is 0 Å². The SMILES string of the molecule is FC(F)(F)CCC(I)(CI)OC(I)(CI)CCC(F)(F)F. The van der Waals surface area contributed by atoms with Crippen molar-refractivity contribution >= 4 is 90.4 Å². The number of hydrogen-bond acceptors (Lipinski definition) is 1. The Morgan fingerprint density at radius 3 is 1.10 bits per heavy atom. The summed E-state index contributed by atoms with van der Waals surface area (Å²) in [5.74, 6) is 0. The summed E-state index contributed by atoms with van der Waals surface area (Å²) >= 11 is 7.32. The van der Waals surface area contributed by atoms with E-state index in [-0.39, 0.29) is 21.7 Å². The predicted molar refractivity (Wildman–Crippen MR) is 103 cm³/mol. The molecule has 0 saturated heterocycles. The van der Waals surface area contributed by atoms with Gasteiger partial charge in [-0.1, -0.05) is 45.2 Å². The summed E-state index contributed by atoms with van der Waals surface area (Å²) in [6.07, 6.45) is -11.2. The van der Waals surface area contributed by atoms with Gasteiger partial charge in [0.15, 0.2) is 0 Å². The van der Waals surface area contributed by atoms with Crippen LogP contribution in [-0.4, -0.2) is 28.4 Å². The van der Waals surface area contributed by atoms with Gasteiger partial charge in [-0.25, -0.2) is 0 Å². The molecule has 2 unspecified atom stereocenters. The van der Waals surface area contributed by atoms with Gasteiger partial charge in [-0.2, -0.15) is 26.3 Å².